The number of carbonyl (C=O) groups is 1. The molecule has 0 bridgehead atoms. The molecule has 2 aromatic carbocycles. The van der Waals surface area contributed by atoms with Gasteiger partial charge < -0.3 is 15.3 Å². The first-order valence-electron chi connectivity index (χ1n) is 7.42. The van der Waals surface area contributed by atoms with Crippen LogP contribution in [0.1, 0.15) is 18.1 Å². The van der Waals surface area contributed by atoms with Crippen molar-refractivity contribution in [3.8, 4) is 5.75 Å². The average Bonchev–Trinajstić information content (AvgIpc) is 2.54. The zero-order valence-corrected chi connectivity index (χ0v) is 13.0. The Morgan fingerprint density at radius 3 is 2.65 bits per heavy atom. The van der Waals surface area contributed by atoms with Crippen molar-refractivity contribution in [1.82, 2.24) is 5.32 Å². The third-order valence-corrected chi connectivity index (χ3v) is 3.19. The first-order valence-corrected chi connectivity index (χ1v) is 7.42. The molecule has 0 aliphatic heterocycles. The van der Waals surface area contributed by atoms with Gasteiger partial charge in [0.15, 0.2) is 6.61 Å². The number of rotatable bonds is 7. The van der Waals surface area contributed by atoms with E-state index >= 15 is 0 Å². The largest absolute Gasteiger partial charge is 0.507 e. The van der Waals surface area contributed by atoms with Crippen molar-refractivity contribution in [2.45, 2.75) is 19.4 Å². The summed E-state index contributed by atoms with van der Waals surface area (Å²) in [6.07, 6.45) is 2.13. The molecule has 2 rings (SSSR count). The number of hydrogen-bond acceptors (Lipinski definition) is 4. The molecule has 0 saturated heterocycles. The van der Waals surface area contributed by atoms with Crippen LogP contribution >= 0.6 is 0 Å². The van der Waals surface area contributed by atoms with Gasteiger partial charge in [0, 0.05) is 11.6 Å². The first kappa shape index (κ1) is 16.5. The van der Waals surface area contributed by atoms with Gasteiger partial charge in [-0.15, -0.1) is 0 Å². The highest BCUT2D eigenvalue weighted by atomic mass is 16.6. The molecule has 5 nitrogen and oxygen atoms in total. The highest BCUT2D eigenvalue weighted by molar-refractivity contribution is 5.83. The SMILES string of the molecule is C[C@@H](Cc1ccccc1)NC(=O)CO/N=C\c1ccccc1O. The summed E-state index contributed by atoms with van der Waals surface area (Å²) in [4.78, 5) is 16.7. The zero-order valence-electron chi connectivity index (χ0n) is 13.0. The molecule has 2 N–H and O–H groups in total. The molecule has 1 atom stereocenters. The van der Waals surface area contributed by atoms with E-state index in [0.717, 1.165) is 6.42 Å². The van der Waals surface area contributed by atoms with Crippen LogP contribution in [-0.2, 0) is 16.1 Å². The predicted octanol–water partition coefficient (Wildman–Crippen LogP) is 2.49. The Morgan fingerprint density at radius 2 is 1.91 bits per heavy atom. The van der Waals surface area contributed by atoms with Crippen molar-refractivity contribution in [3.63, 3.8) is 0 Å². The van der Waals surface area contributed by atoms with E-state index in [1.54, 1.807) is 24.3 Å². The second-order valence-electron chi connectivity index (χ2n) is 5.23. The normalized spacial score (nSPS) is 12.0. The number of phenolic OH excluding ortho intramolecular Hbond substituents is 1. The second kappa shape index (κ2) is 8.58. The van der Waals surface area contributed by atoms with Gasteiger partial charge in [0.25, 0.3) is 5.91 Å². The molecule has 0 aromatic heterocycles. The maximum Gasteiger partial charge on any atom is 0.260 e. The molecule has 0 fully saturated rings. The van der Waals surface area contributed by atoms with Crippen LogP contribution in [0.3, 0.4) is 0 Å². The fourth-order valence-electron chi connectivity index (χ4n) is 2.12. The summed E-state index contributed by atoms with van der Waals surface area (Å²) < 4.78 is 0. The van der Waals surface area contributed by atoms with Crippen LogP contribution in [0.5, 0.6) is 5.75 Å². The van der Waals surface area contributed by atoms with E-state index in [1.165, 1.54) is 11.8 Å². The molecule has 120 valence electrons. The van der Waals surface area contributed by atoms with E-state index in [-0.39, 0.29) is 24.3 Å². The summed E-state index contributed by atoms with van der Waals surface area (Å²) in [5.74, 6) is -0.122. The summed E-state index contributed by atoms with van der Waals surface area (Å²) in [6, 6.07) is 16.7. The van der Waals surface area contributed by atoms with E-state index in [9.17, 15) is 9.90 Å². The van der Waals surface area contributed by atoms with Crippen LogP contribution in [0.25, 0.3) is 0 Å². The van der Waals surface area contributed by atoms with Crippen LogP contribution < -0.4 is 5.32 Å². The molecule has 0 unspecified atom stereocenters. The van der Waals surface area contributed by atoms with E-state index in [4.69, 9.17) is 4.84 Å². The number of phenols is 1. The molecule has 0 spiro atoms. The number of nitrogens with one attached hydrogen (secondary N) is 1. The van der Waals surface area contributed by atoms with Crippen molar-refractivity contribution >= 4 is 12.1 Å². The number of hydrogen-bond donors (Lipinski definition) is 2. The van der Waals surface area contributed by atoms with Crippen molar-refractivity contribution in [2.75, 3.05) is 6.61 Å². The Bertz CT molecular complexity index is 656. The monoisotopic (exact) mass is 312 g/mol. The molecule has 0 radical (unpaired) electrons. The molecule has 23 heavy (non-hydrogen) atoms. The molecular formula is C18H20N2O3. The molecule has 5 heteroatoms. The number of amides is 1. The lowest BCUT2D eigenvalue weighted by atomic mass is 10.1. The van der Waals surface area contributed by atoms with Crippen LogP contribution in [0, 0.1) is 0 Å². The van der Waals surface area contributed by atoms with E-state index < -0.39 is 0 Å². The minimum absolute atomic E-state index is 0.00986. The van der Waals surface area contributed by atoms with Crippen molar-refractivity contribution in [3.05, 3.63) is 65.7 Å². The van der Waals surface area contributed by atoms with Gasteiger partial charge in [-0.1, -0.05) is 47.6 Å². The minimum atomic E-state index is -0.233. The fourth-order valence-corrected chi connectivity index (χ4v) is 2.12. The number of carbonyl (C=O) groups excluding carboxylic acids is 1. The van der Waals surface area contributed by atoms with Gasteiger partial charge in [-0.3, -0.25) is 4.79 Å². The van der Waals surface area contributed by atoms with Crippen molar-refractivity contribution < 1.29 is 14.7 Å². The summed E-state index contributed by atoms with van der Waals surface area (Å²) in [6.45, 7) is 1.78. The second-order valence-corrected chi connectivity index (χ2v) is 5.23. The Morgan fingerprint density at radius 1 is 1.22 bits per heavy atom. The van der Waals surface area contributed by atoms with Crippen LogP contribution in [0.15, 0.2) is 59.8 Å². The standard InChI is InChI=1S/C18H20N2O3/c1-14(11-15-7-3-2-4-8-15)20-18(22)13-23-19-12-16-9-5-6-10-17(16)21/h2-10,12,14,21H,11,13H2,1H3,(H,20,22)/b19-12-/t14-/m0/s1. The third kappa shape index (κ3) is 5.82. The van der Waals surface area contributed by atoms with Crippen LogP contribution in [-0.4, -0.2) is 29.9 Å². The van der Waals surface area contributed by atoms with Gasteiger partial charge in [0.2, 0.25) is 0 Å². The Balaban J connectivity index is 1.72. The summed E-state index contributed by atoms with van der Waals surface area (Å²) >= 11 is 0. The molecule has 0 aliphatic carbocycles. The number of aromatic hydroxyl groups is 1. The van der Waals surface area contributed by atoms with Gasteiger partial charge in [0.1, 0.15) is 5.75 Å². The molecule has 2 aromatic rings. The van der Waals surface area contributed by atoms with Crippen LogP contribution in [0.4, 0.5) is 0 Å². The fraction of sp³-hybridized carbons (Fsp3) is 0.222. The highest BCUT2D eigenvalue weighted by Crippen LogP contribution is 2.12. The number of benzene rings is 2. The smallest absolute Gasteiger partial charge is 0.260 e. The summed E-state index contributed by atoms with van der Waals surface area (Å²) in [7, 11) is 0. The molecule has 1 amide bonds. The quantitative estimate of drug-likeness (QED) is 0.609. The minimum Gasteiger partial charge on any atom is -0.507 e. The maximum absolute atomic E-state index is 11.8. The summed E-state index contributed by atoms with van der Waals surface area (Å²) in [5, 5.41) is 16.1. The van der Waals surface area contributed by atoms with Gasteiger partial charge >= 0.3 is 0 Å². The Labute approximate surface area is 135 Å². The van der Waals surface area contributed by atoms with Crippen molar-refractivity contribution in [2.24, 2.45) is 5.16 Å². The average molecular weight is 312 g/mol. The third-order valence-electron chi connectivity index (χ3n) is 3.19. The summed E-state index contributed by atoms with van der Waals surface area (Å²) in [5.41, 5.74) is 1.70. The lowest BCUT2D eigenvalue weighted by molar-refractivity contribution is -0.126. The molecule has 0 saturated carbocycles. The topological polar surface area (TPSA) is 70.9 Å². The number of nitrogens with zero attached hydrogens (tertiary/aromatic N) is 1. The highest BCUT2D eigenvalue weighted by Gasteiger charge is 2.08. The Hall–Kier alpha value is -2.82. The molecule has 0 heterocycles. The number of para-hydroxylation sites is 1. The van der Waals surface area contributed by atoms with E-state index in [0.29, 0.717) is 5.56 Å². The van der Waals surface area contributed by atoms with Gasteiger partial charge in [-0.2, -0.15) is 0 Å². The Kier molecular flexibility index (Phi) is 6.17. The van der Waals surface area contributed by atoms with Crippen molar-refractivity contribution in [1.29, 1.82) is 0 Å². The van der Waals surface area contributed by atoms with E-state index in [1.807, 2.05) is 37.3 Å². The first-order chi connectivity index (χ1) is 11.1. The van der Waals surface area contributed by atoms with Gasteiger partial charge in [0.05, 0.1) is 6.21 Å². The predicted molar refractivity (Wildman–Crippen MR) is 89.4 cm³/mol. The maximum atomic E-state index is 11.8. The number of oxime groups is 1. The lowest BCUT2D eigenvalue weighted by Gasteiger charge is -2.13. The molecule has 0 aliphatic rings. The van der Waals surface area contributed by atoms with Gasteiger partial charge in [-0.05, 0) is 31.0 Å². The lowest BCUT2D eigenvalue weighted by Crippen LogP contribution is -2.36. The molecular weight excluding hydrogens is 292 g/mol. The van der Waals surface area contributed by atoms with E-state index in [2.05, 4.69) is 10.5 Å². The van der Waals surface area contributed by atoms with Gasteiger partial charge in [-0.25, -0.2) is 0 Å². The van der Waals surface area contributed by atoms with Crippen LogP contribution in [0.2, 0.25) is 0 Å². The zero-order chi connectivity index (χ0) is 16.5.